The monoisotopic (exact) mass is 130 g/mol. The minimum Gasteiger partial charge on any atom is -0.480 e. The molecule has 0 aromatic rings. The van der Waals surface area contributed by atoms with E-state index >= 15 is 0 Å². The molecule has 4 heteroatoms. The maximum absolute atomic E-state index is 10.1. The molecule has 0 aliphatic carbocycles. The molecule has 0 aromatic carbocycles. The first kappa shape index (κ1) is 7.97. The van der Waals surface area contributed by atoms with Gasteiger partial charge in [0.15, 0.2) is 0 Å². The molecule has 1 rings (SSSR count). The minimum atomic E-state index is -0.782. The normalized spacial score (nSPS) is 22.4. The van der Waals surface area contributed by atoms with E-state index in [1.54, 1.807) is 12.3 Å². The molecule has 5 N–H and O–H groups in total. The molecule has 0 saturated carbocycles. The summed E-state index contributed by atoms with van der Waals surface area (Å²) in [6.45, 7) is 0. The predicted molar refractivity (Wildman–Crippen MR) is 33.3 cm³/mol. The van der Waals surface area contributed by atoms with Crippen LogP contribution in [0.25, 0.3) is 0 Å². The Kier molecular flexibility index (Phi) is 2.73. The molecule has 52 valence electrons. The second-order valence-corrected chi connectivity index (χ2v) is 1.70. The van der Waals surface area contributed by atoms with Crippen molar-refractivity contribution >= 4 is 5.97 Å². The third-order valence-corrected chi connectivity index (χ3v) is 1.09. The van der Waals surface area contributed by atoms with Gasteiger partial charge < -0.3 is 16.6 Å². The molecule has 0 spiro atoms. The molecule has 1 heterocycles. The van der Waals surface area contributed by atoms with Gasteiger partial charge in [0.1, 0.15) is 6.04 Å². The van der Waals surface area contributed by atoms with E-state index in [1.165, 1.54) is 0 Å². The molecule has 1 aliphatic heterocycles. The summed E-state index contributed by atoms with van der Waals surface area (Å²) in [5.41, 5.74) is 0. The molecule has 0 radical (unpaired) electrons. The number of carboxylic acids is 1. The van der Waals surface area contributed by atoms with Crippen LogP contribution in [0.1, 0.15) is 6.42 Å². The van der Waals surface area contributed by atoms with E-state index < -0.39 is 5.97 Å². The minimum absolute atomic E-state index is 0. The van der Waals surface area contributed by atoms with Crippen molar-refractivity contribution in [3.63, 3.8) is 0 Å². The molecule has 0 fully saturated rings. The van der Waals surface area contributed by atoms with E-state index in [-0.39, 0.29) is 12.2 Å². The van der Waals surface area contributed by atoms with E-state index in [4.69, 9.17) is 5.11 Å². The number of aliphatic carboxylic acids is 1. The maximum Gasteiger partial charge on any atom is 0.326 e. The SMILES string of the molecule is N.O=C(O)C1CC=CN1. The quantitative estimate of drug-likeness (QED) is 0.470. The molecule has 1 atom stereocenters. The fraction of sp³-hybridized carbons (Fsp3) is 0.400. The van der Waals surface area contributed by atoms with Gasteiger partial charge in [-0.3, -0.25) is 0 Å². The van der Waals surface area contributed by atoms with Crippen molar-refractivity contribution in [3.05, 3.63) is 12.3 Å². The Morgan fingerprint density at radius 1 is 1.78 bits per heavy atom. The molecule has 0 saturated heterocycles. The predicted octanol–water partition coefficient (Wildman–Crippen LogP) is 0.109. The summed E-state index contributed by atoms with van der Waals surface area (Å²) in [6.07, 6.45) is 4.08. The number of nitrogens with one attached hydrogen (secondary N) is 1. The summed E-state index contributed by atoms with van der Waals surface area (Å²) in [5.74, 6) is -0.782. The van der Waals surface area contributed by atoms with Crippen molar-refractivity contribution < 1.29 is 9.90 Å². The Hall–Kier alpha value is -1.03. The summed E-state index contributed by atoms with van der Waals surface area (Å²) in [7, 11) is 0. The Labute approximate surface area is 53.1 Å². The summed E-state index contributed by atoms with van der Waals surface area (Å²) in [5, 5.41) is 11.0. The standard InChI is InChI=1S/C5H7NO2.H3N/c7-5(8)4-2-1-3-6-4;/h1,3-4,6H,2H2,(H,7,8);1H3. The van der Waals surface area contributed by atoms with Gasteiger partial charge in [0.2, 0.25) is 0 Å². The fourth-order valence-electron chi connectivity index (χ4n) is 0.628. The number of hydrogen-bond acceptors (Lipinski definition) is 3. The van der Waals surface area contributed by atoms with Crippen molar-refractivity contribution in [1.82, 2.24) is 11.5 Å². The molecule has 1 aliphatic rings. The van der Waals surface area contributed by atoms with Crippen molar-refractivity contribution in [3.8, 4) is 0 Å². The van der Waals surface area contributed by atoms with Crippen molar-refractivity contribution in [2.45, 2.75) is 12.5 Å². The lowest BCUT2D eigenvalue weighted by atomic mass is 10.2. The third kappa shape index (κ3) is 1.73. The van der Waals surface area contributed by atoms with Crippen molar-refractivity contribution in [2.24, 2.45) is 0 Å². The van der Waals surface area contributed by atoms with Gasteiger partial charge in [-0.05, 0) is 12.6 Å². The average molecular weight is 130 g/mol. The highest BCUT2D eigenvalue weighted by molar-refractivity contribution is 5.74. The zero-order valence-electron chi connectivity index (χ0n) is 5.00. The Morgan fingerprint density at radius 2 is 2.44 bits per heavy atom. The molecule has 0 bridgehead atoms. The lowest BCUT2D eigenvalue weighted by Gasteiger charge is -2.01. The van der Waals surface area contributed by atoms with Crippen molar-refractivity contribution in [2.75, 3.05) is 0 Å². The largest absolute Gasteiger partial charge is 0.480 e. The van der Waals surface area contributed by atoms with Gasteiger partial charge in [-0.15, -0.1) is 0 Å². The van der Waals surface area contributed by atoms with Gasteiger partial charge in [-0.25, -0.2) is 4.79 Å². The van der Waals surface area contributed by atoms with Crippen LogP contribution in [0, 0.1) is 0 Å². The van der Waals surface area contributed by atoms with Gasteiger partial charge in [-0.1, -0.05) is 6.08 Å². The number of carbonyl (C=O) groups is 1. The molecular formula is C5H10N2O2. The van der Waals surface area contributed by atoms with Crippen LogP contribution in [0.4, 0.5) is 0 Å². The van der Waals surface area contributed by atoms with Crippen LogP contribution in [-0.2, 0) is 4.79 Å². The van der Waals surface area contributed by atoms with Gasteiger partial charge in [0.05, 0.1) is 0 Å². The highest BCUT2D eigenvalue weighted by atomic mass is 16.4. The first-order valence-electron chi connectivity index (χ1n) is 2.44. The molecule has 9 heavy (non-hydrogen) atoms. The molecule has 4 nitrogen and oxygen atoms in total. The van der Waals surface area contributed by atoms with Gasteiger partial charge in [0, 0.05) is 0 Å². The van der Waals surface area contributed by atoms with Gasteiger partial charge in [-0.2, -0.15) is 0 Å². The summed E-state index contributed by atoms with van der Waals surface area (Å²) >= 11 is 0. The van der Waals surface area contributed by atoms with Gasteiger partial charge >= 0.3 is 5.97 Å². The van der Waals surface area contributed by atoms with Crippen LogP contribution >= 0.6 is 0 Å². The lowest BCUT2D eigenvalue weighted by Crippen LogP contribution is -2.28. The number of carboxylic acid groups (broad SMARTS) is 1. The zero-order valence-corrected chi connectivity index (χ0v) is 5.00. The Morgan fingerprint density at radius 3 is 2.67 bits per heavy atom. The summed E-state index contributed by atoms with van der Waals surface area (Å²) in [6, 6.07) is -0.380. The Balaban J connectivity index is 0.000000640. The van der Waals surface area contributed by atoms with Crippen LogP contribution < -0.4 is 11.5 Å². The first-order valence-corrected chi connectivity index (χ1v) is 2.44. The number of hydrogen-bond donors (Lipinski definition) is 3. The topological polar surface area (TPSA) is 84.3 Å². The smallest absolute Gasteiger partial charge is 0.326 e. The van der Waals surface area contributed by atoms with Crippen LogP contribution in [0.5, 0.6) is 0 Å². The van der Waals surface area contributed by atoms with Crippen LogP contribution in [0.15, 0.2) is 12.3 Å². The second-order valence-electron chi connectivity index (χ2n) is 1.70. The lowest BCUT2D eigenvalue weighted by molar-refractivity contribution is -0.138. The van der Waals surface area contributed by atoms with Crippen LogP contribution in [0.3, 0.4) is 0 Å². The van der Waals surface area contributed by atoms with E-state index in [1.807, 2.05) is 0 Å². The number of rotatable bonds is 1. The Bertz CT molecular complexity index is 125. The average Bonchev–Trinajstić information content (AvgIpc) is 2.12. The molecular weight excluding hydrogens is 120 g/mol. The molecule has 0 aromatic heterocycles. The highest BCUT2D eigenvalue weighted by Crippen LogP contribution is 1.99. The van der Waals surface area contributed by atoms with Crippen LogP contribution in [0.2, 0.25) is 0 Å². The van der Waals surface area contributed by atoms with Gasteiger partial charge in [0.25, 0.3) is 0 Å². The molecule has 1 unspecified atom stereocenters. The first-order chi connectivity index (χ1) is 3.80. The van der Waals surface area contributed by atoms with E-state index in [2.05, 4.69) is 5.32 Å². The highest BCUT2D eigenvalue weighted by Gasteiger charge is 2.15. The van der Waals surface area contributed by atoms with E-state index in [0.717, 1.165) is 0 Å². The van der Waals surface area contributed by atoms with E-state index in [0.29, 0.717) is 6.42 Å². The zero-order chi connectivity index (χ0) is 5.98. The van der Waals surface area contributed by atoms with E-state index in [9.17, 15) is 4.79 Å². The van der Waals surface area contributed by atoms with Crippen molar-refractivity contribution in [1.29, 1.82) is 0 Å². The van der Waals surface area contributed by atoms with Crippen LogP contribution in [-0.4, -0.2) is 17.1 Å². The second kappa shape index (κ2) is 3.09. The third-order valence-electron chi connectivity index (χ3n) is 1.09. The summed E-state index contributed by atoms with van der Waals surface area (Å²) < 4.78 is 0. The maximum atomic E-state index is 10.1. The summed E-state index contributed by atoms with van der Waals surface area (Å²) in [4.78, 5) is 10.1. The fourth-order valence-corrected chi connectivity index (χ4v) is 0.628. The molecule has 0 amide bonds.